The van der Waals surface area contributed by atoms with Gasteiger partial charge in [0.2, 0.25) is 0 Å². The number of pyridine rings is 1. The third kappa shape index (κ3) is 6.55. The number of nitrogens with two attached hydrogens (primary N) is 1. The molecule has 2 heterocycles. The van der Waals surface area contributed by atoms with Crippen LogP contribution in [0.3, 0.4) is 0 Å². The van der Waals surface area contributed by atoms with Crippen LogP contribution in [0.25, 0.3) is 11.0 Å². The highest BCUT2D eigenvalue weighted by atomic mass is 28.3. The zero-order valence-corrected chi connectivity index (χ0v) is 20.0. The Labute approximate surface area is 187 Å². The van der Waals surface area contributed by atoms with Crippen molar-refractivity contribution in [3.8, 4) is 0 Å². The van der Waals surface area contributed by atoms with E-state index in [-0.39, 0.29) is 18.5 Å². The van der Waals surface area contributed by atoms with Gasteiger partial charge in [0, 0.05) is 33.0 Å². The molecule has 32 heavy (non-hydrogen) atoms. The lowest BCUT2D eigenvalue weighted by molar-refractivity contribution is -0.146. The smallest absolute Gasteiger partial charge is 0.361 e. The van der Waals surface area contributed by atoms with Crippen LogP contribution in [0, 0.1) is 0 Å². The van der Waals surface area contributed by atoms with Gasteiger partial charge in [-0.3, -0.25) is 9.78 Å². The van der Waals surface area contributed by atoms with E-state index in [1.807, 2.05) is 0 Å². The molecule has 1 aliphatic rings. The molecular formula is C22H33F3N4O2Si. The maximum absolute atomic E-state index is 13.5. The normalized spacial score (nSPS) is 20.0. The lowest BCUT2D eigenvalue weighted by atomic mass is 9.90. The summed E-state index contributed by atoms with van der Waals surface area (Å²) >= 11 is 0. The van der Waals surface area contributed by atoms with Crippen molar-refractivity contribution in [3.05, 3.63) is 30.1 Å². The predicted molar refractivity (Wildman–Crippen MR) is 121 cm³/mol. The number of alkyl halides is 3. The Kier molecular flexibility index (Phi) is 7.67. The number of ether oxygens (including phenoxy) is 1. The molecule has 2 N–H and O–H groups in total. The van der Waals surface area contributed by atoms with Crippen LogP contribution in [0.4, 0.5) is 13.2 Å². The third-order valence-electron chi connectivity index (χ3n) is 5.85. The predicted octanol–water partition coefficient (Wildman–Crippen LogP) is 4.62. The minimum Gasteiger partial charge on any atom is -0.361 e. The van der Waals surface area contributed by atoms with Gasteiger partial charge in [-0.1, -0.05) is 19.6 Å². The molecule has 3 rings (SSSR count). The van der Waals surface area contributed by atoms with Gasteiger partial charge in [-0.05, 0) is 49.9 Å². The third-order valence-corrected chi connectivity index (χ3v) is 7.55. The zero-order chi connectivity index (χ0) is 23.5. The molecule has 1 saturated carbocycles. The second-order valence-corrected chi connectivity index (χ2v) is 15.5. The van der Waals surface area contributed by atoms with E-state index in [1.165, 1.54) is 0 Å². The Morgan fingerprint density at radius 2 is 2.09 bits per heavy atom. The molecule has 0 aromatic carbocycles. The average Bonchev–Trinajstić information content (AvgIpc) is 3.06. The summed E-state index contributed by atoms with van der Waals surface area (Å²) in [5, 5.41) is 0. The van der Waals surface area contributed by atoms with E-state index in [2.05, 4.69) is 24.6 Å². The number of halogens is 3. The molecule has 178 valence electrons. The van der Waals surface area contributed by atoms with E-state index in [0.29, 0.717) is 36.9 Å². The molecule has 0 saturated heterocycles. The zero-order valence-electron chi connectivity index (χ0n) is 19.0. The van der Waals surface area contributed by atoms with E-state index in [4.69, 9.17) is 10.5 Å². The van der Waals surface area contributed by atoms with Crippen molar-refractivity contribution < 1.29 is 22.7 Å². The average molecular weight is 471 g/mol. The summed E-state index contributed by atoms with van der Waals surface area (Å²) in [6, 6.07) is 5.31. The molecule has 0 radical (unpaired) electrons. The summed E-state index contributed by atoms with van der Waals surface area (Å²) in [5.41, 5.74) is 7.40. The number of carbonyl (C=O) groups is 1. The van der Waals surface area contributed by atoms with Crippen LogP contribution in [0.15, 0.2) is 24.4 Å². The Hall–Kier alpha value is -1.91. The fourth-order valence-corrected chi connectivity index (χ4v) is 4.88. The first-order chi connectivity index (χ1) is 14.9. The Morgan fingerprint density at radius 3 is 2.75 bits per heavy atom. The van der Waals surface area contributed by atoms with Crippen molar-refractivity contribution in [2.75, 3.05) is 13.2 Å². The van der Waals surface area contributed by atoms with E-state index >= 15 is 0 Å². The summed E-state index contributed by atoms with van der Waals surface area (Å²) in [6.07, 6.45) is -0.550. The van der Waals surface area contributed by atoms with Gasteiger partial charge in [0.1, 0.15) is 19.0 Å². The molecule has 2 aromatic heterocycles. The minimum absolute atomic E-state index is 0.0881. The number of rotatable bonds is 8. The van der Waals surface area contributed by atoms with Gasteiger partial charge in [-0.15, -0.1) is 0 Å². The molecule has 0 spiro atoms. The number of hydrogen-bond donors (Lipinski definition) is 1. The number of amides is 1. The second kappa shape index (κ2) is 9.92. The lowest BCUT2D eigenvalue weighted by Crippen LogP contribution is -2.49. The van der Waals surface area contributed by atoms with Gasteiger partial charge in [0.25, 0.3) is 5.91 Å². The van der Waals surface area contributed by atoms with Crippen LogP contribution in [-0.4, -0.2) is 59.8 Å². The number of fused-ring (bicyclic) bond motifs is 1. The van der Waals surface area contributed by atoms with Crippen LogP contribution in [0.5, 0.6) is 0 Å². The largest absolute Gasteiger partial charge is 0.406 e. The molecule has 0 bridgehead atoms. The van der Waals surface area contributed by atoms with Gasteiger partial charge < -0.3 is 19.9 Å². The summed E-state index contributed by atoms with van der Waals surface area (Å²) < 4.78 is 47.8. The van der Waals surface area contributed by atoms with E-state index in [9.17, 15) is 18.0 Å². The van der Waals surface area contributed by atoms with Crippen LogP contribution in [0.2, 0.25) is 25.7 Å². The molecule has 2 aromatic rings. The summed E-state index contributed by atoms with van der Waals surface area (Å²) in [6.45, 7) is 6.05. The molecule has 1 aliphatic carbocycles. The van der Waals surface area contributed by atoms with Crippen LogP contribution < -0.4 is 5.73 Å². The molecule has 2 atom stereocenters. The second-order valence-electron chi connectivity index (χ2n) is 9.84. The monoisotopic (exact) mass is 470 g/mol. The first-order valence-electron chi connectivity index (χ1n) is 11.1. The van der Waals surface area contributed by atoms with Gasteiger partial charge >= 0.3 is 6.18 Å². The fourth-order valence-electron chi connectivity index (χ4n) is 4.13. The van der Waals surface area contributed by atoms with Crippen molar-refractivity contribution in [1.82, 2.24) is 14.5 Å². The SMILES string of the molecule is C[Si](C)(C)CCOCn1c(C(=O)N(CC(F)(F)F)[C@H]2CCC[C@@H](N)C2)cc2ncccc21. The first-order valence-corrected chi connectivity index (χ1v) is 14.8. The first kappa shape index (κ1) is 24.7. The molecule has 1 fully saturated rings. The van der Waals surface area contributed by atoms with Crippen molar-refractivity contribution >= 4 is 25.0 Å². The van der Waals surface area contributed by atoms with Crippen molar-refractivity contribution in [1.29, 1.82) is 0 Å². The molecule has 6 nitrogen and oxygen atoms in total. The van der Waals surface area contributed by atoms with Crippen LogP contribution in [0.1, 0.15) is 36.2 Å². The lowest BCUT2D eigenvalue weighted by Gasteiger charge is -2.37. The maximum Gasteiger partial charge on any atom is 0.406 e. The quantitative estimate of drug-likeness (QED) is 0.451. The van der Waals surface area contributed by atoms with E-state index < -0.39 is 32.7 Å². The molecular weight excluding hydrogens is 437 g/mol. The summed E-state index contributed by atoms with van der Waals surface area (Å²) in [7, 11) is -1.30. The van der Waals surface area contributed by atoms with E-state index in [0.717, 1.165) is 17.4 Å². The van der Waals surface area contributed by atoms with Crippen molar-refractivity contribution in [2.24, 2.45) is 5.73 Å². The Bertz CT molecular complexity index is 926. The standard InChI is InChI=1S/C22H33F3N4O2Si/c1-32(2,3)11-10-31-15-29-19-8-5-9-27-18(19)13-20(29)21(30)28(14-22(23,24)25)17-7-4-6-16(26)12-17/h5,8-9,13,16-17H,4,6-7,10-12,14-15,26H2,1-3H3/t16-,17+/m1/s1. The molecule has 0 aliphatic heterocycles. The molecule has 10 heteroatoms. The summed E-state index contributed by atoms with van der Waals surface area (Å²) in [4.78, 5) is 18.7. The number of nitrogens with zero attached hydrogens (tertiary/aromatic N) is 3. The highest BCUT2D eigenvalue weighted by Gasteiger charge is 2.39. The highest BCUT2D eigenvalue weighted by Crippen LogP contribution is 2.29. The van der Waals surface area contributed by atoms with Crippen LogP contribution in [-0.2, 0) is 11.5 Å². The van der Waals surface area contributed by atoms with E-state index in [1.54, 1.807) is 29.0 Å². The minimum atomic E-state index is -4.50. The van der Waals surface area contributed by atoms with Crippen molar-refractivity contribution in [2.45, 2.75) is 76.4 Å². The summed E-state index contributed by atoms with van der Waals surface area (Å²) in [5.74, 6) is -0.659. The van der Waals surface area contributed by atoms with Crippen LogP contribution >= 0.6 is 0 Å². The topological polar surface area (TPSA) is 73.4 Å². The Balaban J connectivity index is 1.91. The molecule has 0 unspecified atom stereocenters. The fraction of sp³-hybridized carbons (Fsp3) is 0.636. The molecule has 1 amide bonds. The van der Waals surface area contributed by atoms with Gasteiger partial charge in [0.05, 0.1) is 11.0 Å². The van der Waals surface area contributed by atoms with Crippen molar-refractivity contribution in [3.63, 3.8) is 0 Å². The van der Waals surface area contributed by atoms with Gasteiger partial charge in [-0.25, -0.2) is 0 Å². The number of hydrogen-bond acceptors (Lipinski definition) is 4. The maximum atomic E-state index is 13.5. The van der Waals surface area contributed by atoms with Gasteiger partial charge in [0.15, 0.2) is 0 Å². The number of aromatic nitrogens is 2. The highest BCUT2D eigenvalue weighted by molar-refractivity contribution is 6.76. The van der Waals surface area contributed by atoms with Gasteiger partial charge in [-0.2, -0.15) is 13.2 Å². The Morgan fingerprint density at radius 1 is 1.34 bits per heavy atom. The number of carbonyl (C=O) groups excluding carboxylic acids is 1.